The second-order valence-corrected chi connectivity index (χ2v) is 5.25. The van der Waals surface area contributed by atoms with Crippen LogP contribution in [0.3, 0.4) is 0 Å². The molecule has 0 spiro atoms. The van der Waals surface area contributed by atoms with E-state index < -0.39 is 0 Å². The summed E-state index contributed by atoms with van der Waals surface area (Å²) in [7, 11) is 2.03. The first-order valence-corrected chi connectivity index (χ1v) is 7.27. The molecule has 2 aromatic rings. The van der Waals surface area contributed by atoms with Crippen LogP contribution in [0.5, 0.6) is 0 Å². The quantitative estimate of drug-likeness (QED) is 0.456. The van der Waals surface area contributed by atoms with E-state index >= 15 is 0 Å². The number of H-pyrrole nitrogens is 1. The maximum atomic E-state index is 4.30. The lowest BCUT2D eigenvalue weighted by molar-refractivity contribution is 0.504. The highest BCUT2D eigenvalue weighted by molar-refractivity contribution is 7.99. The van der Waals surface area contributed by atoms with Crippen molar-refractivity contribution in [3.63, 3.8) is 0 Å². The highest BCUT2D eigenvalue weighted by atomic mass is 32.2. The van der Waals surface area contributed by atoms with Gasteiger partial charge >= 0.3 is 0 Å². The van der Waals surface area contributed by atoms with Crippen LogP contribution in [0.1, 0.15) is 26.2 Å². The summed E-state index contributed by atoms with van der Waals surface area (Å²) in [5.74, 6) is 1.07. The standard InChI is InChI=1S/C12H19N5S/c1-3-9(13-2)5-4-6-18-12-10-11(15-7-14-10)16-8-17-12/h7-9,13H,3-6H2,1-2H3,(H,14,15,16,17). The van der Waals surface area contributed by atoms with Gasteiger partial charge in [0.25, 0.3) is 0 Å². The number of nitrogens with zero attached hydrogens (tertiary/aromatic N) is 3. The van der Waals surface area contributed by atoms with Gasteiger partial charge in [0.1, 0.15) is 16.9 Å². The Morgan fingerprint density at radius 1 is 1.39 bits per heavy atom. The number of hydrogen-bond acceptors (Lipinski definition) is 5. The lowest BCUT2D eigenvalue weighted by Crippen LogP contribution is -2.23. The number of rotatable bonds is 7. The first kappa shape index (κ1) is 13.3. The average molecular weight is 265 g/mol. The minimum atomic E-state index is 0.628. The zero-order chi connectivity index (χ0) is 12.8. The van der Waals surface area contributed by atoms with Crippen LogP contribution >= 0.6 is 11.8 Å². The first-order valence-electron chi connectivity index (χ1n) is 6.29. The Hall–Kier alpha value is -1.14. The van der Waals surface area contributed by atoms with Gasteiger partial charge in [-0.05, 0) is 32.1 Å². The van der Waals surface area contributed by atoms with Crippen molar-refractivity contribution in [3.05, 3.63) is 12.7 Å². The second-order valence-electron chi connectivity index (χ2n) is 4.16. The Kier molecular flexibility index (Phi) is 4.95. The number of aromatic amines is 1. The monoisotopic (exact) mass is 265 g/mol. The van der Waals surface area contributed by atoms with Gasteiger partial charge < -0.3 is 10.3 Å². The molecule has 6 heteroatoms. The lowest BCUT2D eigenvalue weighted by Gasteiger charge is -2.12. The van der Waals surface area contributed by atoms with E-state index in [1.807, 2.05) is 7.05 Å². The van der Waals surface area contributed by atoms with Crippen LogP contribution in [0, 0.1) is 0 Å². The number of imidazole rings is 1. The van der Waals surface area contributed by atoms with Crippen LogP contribution in [-0.4, -0.2) is 38.8 Å². The van der Waals surface area contributed by atoms with Crippen LogP contribution in [0.25, 0.3) is 11.2 Å². The normalized spacial score (nSPS) is 13.0. The highest BCUT2D eigenvalue weighted by Crippen LogP contribution is 2.22. The Morgan fingerprint density at radius 2 is 2.28 bits per heavy atom. The van der Waals surface area contributed by atoms with E-state index in [1.54, 1.807) is 24.4 Å². The summed E-state index contributed by atoms with van der Waals surface area (Å²) in [4.78, 5) is 15.6. The van der Waals surface area contributed by atoms with Gasteiger partial charge in [0, 0.05) is 6.04 Å². The van der Waals surface area contributed by atoms with Crippen molar-refractivity contribution in [2.24, 2.45) is 0 Å². The maximum Gasteiger partial charge on any atom is 0.181 e. The molecule has 2 heterocycles. The largest absolute Gasteiger partial charge is 0.341 e. The number of aromatic nitrogens is 4. The maximum absolute atomic E-state index is 4.30. The predicted octanol–water partition coefficient (Wildman–Crippen LogP) is 2.22. The zero-order valence-corrected chi connectivity index (χ0v) is 11.6. The van der Waals surface area contributed by atoms with E-state index in [4.69, 9.17) is 0 Å². The molecular formula is C12H19N5S. The van der Waals surface area contributed by atoms with Crippen molar-refractivity contribution in [1.29, 1.82) is 0 Å². The molecule has 5 nitrogen and oxygen atoms in total. The molecule has 0 fully saturated rings. The summed E-state index contributed by atoms with van der Waals surface area (Å²) in [6.45, 7) is 2.22. The van der Waals surface area contributed by atoms with Gasteiger partial charge in [-0.2, -0.15) is 0 Å². The van der Waals surface area contributed by atoms with Crippen molar-refractivity contribution in [1.82, 2.24) is 25.3 Å². The van der Waals surface area contributed by atoms with Crippen molar-refractivity contribution >= 4 is 22.9 Å². The molecule has 0 aliphatic carbocycles. The topological polar surface area (TPSA) is 66.5 Å². The van der Waals surface area contributed by atoms with Crippen molar-refractivity contribution in [3.8, 4) is 0 Å². The third kappa shape index (κ3) is 3.20. The van der Waals surface area contributed by atoms with Gasteiger partial charge in [-0.15, -0.1) is 11.8 Å². The highest BCUT2D eigenvalue weighted by Gasteiger charge is 2.07. The van der Waals surface area contributed by atoms with Crippen molar-refractivity contribution in [2.45, 2.75) is 37.3 Å². The van der Waals surface area contributed by atoms with Gasteiger partial charge in [-0.25, -0.2) is 15.0 Å². The summed E-state index contributed by atoms with van der Waals surface area (Å²) < 4.78 is 0. The van der Waals surface area contributed by atoms with Crippen molar-refractivity contribution < 1.29 is 0 Å². The molecule has 0 saturated carbocycles. The van der Waals surface area contributed by atoms with Gasteiger partial charge in [-0.3, -0.25) is 0 Å². The van der Waals surface area contributed by atoms with E-state index in [0.29, 0.717) is 6.04 Å². The summed E-state index contributed by atoms with van der Waals surface area (Å²) in [6, 6.07) is 0.628. The van der Waals surface area contributed by atoms with Crippen LogP contribution < -0.4 is 5.32 Å². The van der Waals surface area contributed by atoms with Crippen LogP contribution in [0.2, 0.25) is 0 Å². The molecule has 2 rings (SSSR count). The molecule has 1 atom stereocenters. The molecule has 0 radical (unpaired) electrons. The number of hydrogen-bond donors (Lipinski definition) is 2. The molecule has 0 bridgehead atoms. The second kappa shape index (κ2) is 6.70. The first-order chi connectivity index (χ1) is 8.85. The van der Waals surface area contributed by atoms with E-state index in [2.05, 4.69) is 32.2 Å². The number of fused-ring (bicyclic) bond motifs is 1. The van der Waals surface area contributed by atoms with Crippen molar-refractivity contribution in [2.75, 3.05) is 12.8 Å². The molecule has 0 saturated heterocycles. The minimum absolute atomic E-state index is 0.628. The molecule has 0 aliphatic rings. The molecule has 1 unspecified atom stereocenters. The fourth-order valence-electron chi connectivity index (χ4n) is 1.90. The fraction of sp³-hybridized carbons (Fsp3) is 0.583. The van der Waals surface area contributed by atoms with Gasteiger partial charge in [-0.1, -0.05) is 6.92 Å². The summed E-state index contributed by atoms with van der Waals surface area (Å²) >= 11 is 1.77. The van der Waals surface area contributed by atoms with E-state index in [9.17, 15) is 0 Å². The molecule has 2 aromatic heterocycles. The van der Waals surface area contributed by atoms with Crippen LogP contribution in [0.4, 0.5) is 0 Å². The molecular weight excluding hydrogens is 246 g/mol. The Balaban J connectivity index is 1.85. The predicted molar refractivity (Wildman–Crippen MR) is 74.8 cm³/mol. The summed E-state index contributed by atoms with van der Waals surface area (Å²) in [5, 5.41) is 4.32. The third-order valence-electron chi connectivity index (χ3n) is 3.02. The molecule has 0 aromatic carbocycles. The fourth-order valence-corrected chi connectivity index (χ4v) is 2.82. The van der Waals surface area contributed by atoms with Gasteiger partial charge in [0.2, 0.25) is 0 Å². The molecule has 2 N–H and O–H groups in total. The SMILES string of the molecule is CCC(CCCSc1ncnc2nc[nH]c12)NC. The molecule has 0 amide bonds. The summed E-state index contributed by atoms with van der Waals surface area (Å²) in [6.07, 6.45) is 6.81. The number of nitrogens with one attached hydrogen (secondary N) is 2. The minimum Gasteiger partial charge on any atom is -0.341 e. The van der Waals surface area contributed by atoms with E-state index in [-0.39, 0.29) is 0 Å². The van der Waals surface area contributed by atoms with Crippen LogP contribution in [-0.2, 0) is 0 Å². The van der Waals surface area contributed by atoms with E-state index in [0.717, 1.165) is 21.9 Å². The number of thioether (sulfide) groups is 1. The molecule has 18 heavy (non-hydrogen) atoms. The Labute approximate surface area is 111 Å². The average Bonchev–Trinajstić information content (AvgIpc) is 2.88. The molecule has 0 aliphatic heterocycles. The lowest BCUT2D eigenvalue weighted by atomic mass is 10.1. The van der Waals surface area contributed by atoms with E-state index in [1.165, 1.54) is 19.3 Å². The molecule has 98 valence electrons. The van der Waals surface area contributed by atoms with Gasteiger partial charge in [0.05, 0.1) is 6.33 Å². The van der Waals surface area contributed by atoms with Gasteiger partial charge in [0.15, 0.2) is 5.65 Å². The smallest absolute Gasteiger partial charge is 0.181 e. The van der Waals surface area contributed by atoms with Crippen LogP contribution in [0.15, 0.2) is 17.7 Å². The zero-order valence-electron chi connectivity index (χ0n) is 10.8. The summed E-state index contributed by atoms with van der Waals surface area (Å²) in [5.41, 5.74) is 1.69. The Bertz CT molecular complexity index is 480. The third-order valence-corrected chi connectivity index (χ3v) is 4.10. The Morgan fingerprint density at radius 3 is 3.06 bits per heavy atom.